The molecule has 2 atom stereocenters. The molecule has 1 saturated heterocycles. The lowest BCUT2D eigenvalue weighted by molar-refractivity contribution is -0.137. The van der Waals surface area contributed by atoms with Gasteiger partial charge in [0.1, 0.15) is 0 Å². The molecule has 1 aliphatic rings. The van der Waals surface area contributed by atoms with Crippen LogP contribution in [-0.2, 0) is 4.79 Å². The summed E-state index contributed by atoms with van der Waals surface area (Å²) >= 11 is 0. The van der Waals surface area contributed by atoms with Crippen LogP contribution in [0.15, 0.2) is 30.3 Å². The van der Waals surface area contributed by atoms with Crippen LogP contribution in [0.4, 0.5) is 5.69 Å². The van der Waals surface area contributed by atoms with Crippen LogP contribution in [-0.4, -0.2) is 50.7 Å². The van der Waals surface area contributed by atoms with E-state index in [4.69, 9.17) is 18.9 Å². The van der Waals surface area contributed by atoms with Crippen LogP contribution in [0.2, 0.25) is 0 Å². The first-order chi connectivity index (χ1) is 13.0. The number of ether oxygens (including phenoxy) is 4. The fourth-order valence-corrected chi connectivity index (χ4v) is 3.19. The number of hydrogen-bond donors (Lipinski definition) is 2. The van der Waals surface area contributed by atoms with E-state index in [1.54, 1.807) is 24.3 Å². The number of carbonyl (C=O) groups excluding carboxylic acids is 1. The van der Waals surface area contributed by atoms with Gasteiger partial charge in [0.05, 0.1) is 34.5 Å². The largest absolute Gasteiger partial charge is 0.504 e. The molecule has 1 amide bonds. The summed E-state index contributed by atoms with van der Waals surface area (Å²) in [5.41, 5.74) is 1.04. The van der Waals surface area contributed by atoms with Gasteiger partial charge in [-0.25, -0.2) is 0 Å². The average Bonchev–Trinajstić information content (AvgIpc) is 2.69. The number of benzene rings is 2. The molecule has 3 rings (SSSR count). The Morgan fingerprint density at radius 1 is 0.889 bits per heavy atom. The van der Waals surface area contributed by atoms with Gasteiger partial charge in [-0.05, 0) is 29.8 Å². The van der Waals surface area contributed by atoms with E-state index < -0.39 is 18.1 Å². The van der Waals surface area contributed by atoms with Gasteiger partial charge in [0, 0.05) is 11.8 Å². The van der Waals surface area contributed by atoms with Crippen LogP contribution in [0.1, 0.15) is 11.6 Å². The van der Waals surface area contributed by atoms with Crippen molar-refractivity contribution in [3.8, 4) is 28.7 Å². The van der Waals surface area contributed by atoms with E-state index in [2.05, 4.69) is 0 Å². The Bertz CT molecular complexity index is 842. The second-order valence-corrected chi connectivity index (χ2v) is 5.91. The van der Waals surface area contributed by atoms with Crippen molar-refractivity contribution in [2.24, 2.45) is 0 Å². The number of hydrogen-bond acceptors (Lipinski definition) is 7. The standard InChI is InChI=1S/C19H21NO7/c1-24-13-6-5-11(9-12(13)21)20-16(17(22)19(20)23)10-7-14(25-2)18(27-4)15(8-10)26-3/h5-9,16-17,21-22H,1-4H3/t16-,17+/m1/s1. The molecule has 8 nitrogen and oxygen atoms in total. The highest BCUT2D eigenvalue weighted by molar-refractivity contribution is 6.05. The predicted molar refractivity (Wildman–Crippen MR) is 97.0 cm³/mol. The molecule has 8 heteroatoms. The second-order valence-electron chi connectivity index (χ2n) is 5.91. The number of phenols is 1. The third-order valence-corrected chi connectivity index (χ3v) is 4.54. The number of β-lactam (4-membered cyclic amide) rings is 1. The molecule has 2 aromatic carbocycles. The van der Waals surface area contributed by atoms with Crippen LogP contribution >= 0.6 is 0 Å². The highest BCUT2D eigenvalue weighted by atomic mass is 16.5. The van der Waals surface area contributed by atoms with Gasteiger partial charge in [-0.1, -0.05) is 0 Å². The van der Waals surface area contributed by atoms with Crippen LogP contribution in [0.3, 0.4) is 0 Å². The third kappa shape index (κ3) is 2.97. The summed E-state index contributed by atoms with van der Waals surface area (Å²) in [6.07, 6.45) is -1.22. The lowest BCUT2D eigenvalue weighted by Crippen LogP contribution is -2.59. The molecular weight excluding hydrogens is 354 g/mol. The first-order valence-corrected chi connectivity index (χ1v) is 8.14. The molecule has 1 fully saturated rings. The molecule has 0 aliphatic carbocycles. The zero-order valence-corrected chi connectivity index (χ0v) is 15.4. The molecule has 1 aliphatic heterocycles. The molecule has 0 radical (unpaired) electrons. The van der Waals surface area contributed by atoms with Gasteiger partial charge in [-0.15, -0.1) is 0 Å². The fourth-order valence-electron chi connectivity index (χ4n) is 3.19. The Labute approximate surface area is 156 Å². The topological polar surface area (TPSA) is 97.7 Å². The molecular formula is C19H21NO7. The number of anilines is 1. The maximum absolute atomic E-state index is 12.3. The number of aromatic hydroxyl groups is 1. The lowest BCUT2D eigenvalue weighted by Gasteiger charge is -2.44. The number of rotatable bonds is 6. The van der Waals surface area contributed by atoms with Crippen molar-refractivity contribution in [1.82, 2.24) is 0 Å². The number of methoxy groups -OCH3 is 4. The SMILES string of the molecule is COc1ccc(N2C(=O)[C@@H](O)[C@H]2c2cc(OC)c(OC)c(OC)c2)cc1O. The first-order valence-electron chi connectivity index (χ1n) is 8.14. The van der Waals surface area contributed by atoms with E-state index in [9.17, 15) is 15.0 Å². The van der Waals surface area contributed by atoms with Crippen molar-refractivity contribution in [1.29, 1.82) is 0 Å². The van der Waals surface area contributed by atoms with Gasteiger partial charge < -0.3 is 29.2 Å². The molecule has 0 spiro atoms. The molecule has 144 valence electrons. The molecule has 0 unspecified atom stereocenters. The van der Waals surface area contributed by atoms with Gasteiger partial charge in [0.25, 0.3) is 5.91 Å². The normalized spacial score (nSPS) is 18.7. The molecule has 0 aromatic heterocycles. The zero-order valence-electron chi connectivity index (χ0n) is 15.4. The molecule has 1 heterocycles. The maximum atomic E-state index is 12.3. The fraction of sp³-hybridized carbons (Fsp3) is 0.316. The summed E-state index contributed by atoms with van der Waals surface area (Å²) < 4.78 is 21.0. The summed E-state index contributed by atoms with van der Waals surface area (Å²) in [6, 6.07) is 7.28. The average molecular weight is 375 g/mol. The summed E-state index contributed by atoms with van der Waals surface area (Å²) in [7, 11) is 5.91. The lowest BCUT2D eigenvalue weighted by atomic mass is 9.89. The van der Waals surface area contributed by atoms with Crippen molar-refractivity contribution in [3.63, 3.8) is 0 Å². The zero-order chi connectivity index (χ0) is 19.7. The summed E-state index contributed by atoms with van der Waals surface area (Å²) in [5.74, 6) is 0.951. The minimum atomic E-state index is -1.22. The summed E-state index contributed by atoms with van der Waals surface area (Å²) in [4.78, 5) is 13.7. The Kier molecular flexibility index (Phi) is 5.00. The smallest absolute Gasteiger partial charge is 0.259 e. The van der Waals surface area contributed by atoms with E-state index >= 15 is 0 Å². The molecule has 2 N–H and O–H groups in total. The Balaban J connectivity index is 2.05. The van der Waals surface area contributed by atoms with Crippen molar-refractivity contribution < 1.29 is 34.0 Å². The van der Waals surface area contributed by atoms with E-state index in [1.165, 1.54) is 39.4 Å². The van der Waals surface area contributed by atoms with Crippen LogP contribution in [0.25, 0.3) is 0 Å². The van der Waals surface area contributed by atoms with Gasteiger partial charge in [-0.3, -0.25) is 9.69 Å². The maximum Gasteiger partial charge on any atom is 0.259 e. The van der Waals surface area contributed by atoms with Crippen molar-refractivity contribution >= 4 is 11.6 Å². The van der Waals surface area contributed by atoms with E-state index in [0.29, 0.717) is 28.5 Å². The van der Waals surface area contributed by atoms with Crippen molar-refractivity contribution in [2.45, 2.75) is 12.1 Å². The van der Waals surface area contributed by atoms with E-state index in [1.807, 2.05) is 0 Å². The first kappa shape index (κ1) is 18.7. The van der Waals surface area contributed by atoms with E-state index in [-0.39, 0.29) is 11.5 Å². The molecule has 27 heavy (non-hydrogen) atoms. The highest BCUT2D eigenvalue weighted by Crippen LogP contribution is 2.46. The van der Waals surface area contributed by atoms with Crippen LogP contribution < -0.4 is 23.8 Å². The Hall–Kier alpha value is -3.13. The highest BCUT2D eigenvalue weighted by Gasteiger charge is 2.48. The number of nitrogens with zero attached hydrogens (tertiary/aromatic N) is 1. The number of phenolic OH excluding ortho intramolecular Hbond substituents is 1. The number of carbonyl (C=O) groups is 1. The second kappa shape index (κ2) is 7.24. The number of amides is 1. The van der Waals surface area contributed by atoms with Crippen LogP contribution in [0.5, 0.6) is 28.7 Å². The monoisotopic (exact) mass is 375 g/mol. The molecule has 0 saturated carbocycles. The minimum Gasteiger partial charge on any atom is -0.504 e. The quantitative estimate of drug-likeness (QED) is 0.744. The van der Waals surface area contributed by atoms with Gasteiger partial charge in [-0.2, -0.15) is 0 Å². The van der Waals surface area contributed by atoms with Crippen molar-refractivity contribution in [2.75, 3.05) is 33.3 Å². The predicted octanol–water partition coefficient (Wildman–Crippen LogP) is 1.88. The number of aliphatic hydroxyl groups is 1. The van der Waals surface area contributed by atoms with Crippen LogP contribution in [0, 0.1) is 0 Å². The van der Waals surface area contributed by atoms with Crippen molar-refractivity contribution in [3.05, 3.63) is 35.9 Å². The molecule has 0 bridgehead atoms. The Morgan fingerprint density at radius 2 is 1.48 bits per heavy atom. The minimum absolute atomic E-state index is 0.104. The van der Waals surface area contributed by atoms with E-state index in [0.717, 1.165) is 0 Å². The van der Waals surface area contributed by atoms with Gasteiger partial charge in [0.2, 0.25) is 5.75 Å². The number of aliphatic hydroxyl groups excluding tert-OH is 1. The summed E-state index contributed by atoms with van der Waals surface area (Å²) in [6.45, 7) is 0. The summed E-state index contributed by atoms with van der Waals surface area (Å²) in [5, 5.41) is 20.3. The van der Waals surface area contributed by atoms with Gasteiger partial charge in [0.15, 0.2) is 29.1 Å². The van der Waals surface area contributed by atoms with Gasteiger partial charge >= 0.3 is 0 Å². The molecule has 2 aromatic rings. The Morgan fingerprint density at radius 3 is 1.96 bits per heavy atom. The third-order valence-electron chi connectivity index (χ3n) is 4.54.